The van der Waals surface area contributed by atoms with E-state index in [1.807, 2.05) is 6.07 Å². The normalized spacial score (nSPS) is 9.89. The van der Waals surface area contributed by atoms with E-state index in [0.29, 0.717) is 5.69 Å². The molecule has 0 atom stereocenters. The van der Waals surface area contributed by atoms with Gasteiger partial charge in [0.25, 0.3) is 0 Å². The molecule has 0 fully saturated rings. The van der Waals surface area contributed by atoms with Gasteiger partial charge in [-0.15, -0.1) is 0 Å². The van der Waals surface area contributed by atoms with Crippen molar-refractivity contribution in [2.75, 3.05) is 0 Å². The standard InChI is InChI=1S/C13H8ClFN2O/c1-8-5-6-9(7-16)13(17-8)18-11-4-2-3-10(14)12(11)15/h2-6H,1H3. The van der Waals surface area contributed by atoms with Crippen LogP contribution in [-0.4, -0.2) is 4.98 Å². The van der Waals surface area contributed by atoms with Crippen molar-refractivity contribution in [3.8, 4) is 17.7 Å². The molecule has 0 amide bonds. The second-order valence-electron chi connectivity index (χ2n) is 3.57. The Hall–Kier alpha value is -2.12. The molecule has 90 valence electrons. The highest BCUT2D eigenvalue weighted by Crippen LogP contribution is 2.29. The van der Waals surface area contributed by atoms with Crippen molar-refractivity contribution in [1.29, 1.82) is 5.26 Å². The van der Waals surface area contributed by atoms with Crippen LogP contribution in [0.15, 0.2) is 30.3 Å². The van der Waals surface area contributed by atoms with Gasteiger partial charge in [-0.1, -0.05) is 17.7 Å². The first-order valence-electron chi connectivity index (χ1n) is 5.11. The highest BCUT2D eigenvalue weighted by atomic mass is 35.5. The van der Waals surface area contributed by atoms with E-state index in [2.05, 4.69) is 4.98 Å². The fourth-order valence-corrected chi connectivity index (χ4v) is 1.53. The lowest BCUT2D eigenvalue weighted by atomic mass is 10.2. The number of rotatable bonds is 2. The van der Waals surface area contributed by atoms with Crippen molar-refractivity contribution in [2.45, 2.75) is 6.92 Å². The van der Waals surface area contributed by atoms with Crippen molar-refractivity contribution in [1.82, 2.24) is 4.98 Å². The van der Waals surface area contributed by atoms with Crippen LogP contribution in [-0.2, 0) is 0 Å². The van der Waals surface area contributed by atoms with Gasteiger partial charge >= 0.3 is 0 Å². The summed E-state index contributed by atoms with van der Waals surface area (Å²) in [6.45, 7) is 1.75. The summed E-state index contributed by atoms with van der Waals surface area (Å²) in [6, 6.07) is 9.58. The zero-order chi connectivity index (χ0) is 13.1. The molecule has 0 bridgehead atoms. The van der Waals surface area contributed by atoms with Crippen molar-refractivity contribution in [2.24, 2.45) is 0 Å². The number of ether oxygens (including phenoxy) is 1. The highest BCUT2D eigenvalue weighted by Gasteiger charge is 2.12. The number of hydrogen-bond donors (Lipinski definition) is 0. The summed E-state index contributed by atoms with van der Waals surface area (Å²) in [5.74, 6) is -0.665. The van der Waals surface area contributed by atoms with Crippen molar-refractivity contribution in [3.63, 3.8) is 0 Å². The van der Waals surface area contributed by atoms with E-state index in [4.69, 9.17) is 21.6 Å². The molecule has 0 spiro atoms. The lowest BCUT2D eigenvalue weighted by Crippen LogP contribution is -1.95. The van der Waals surface area contributed by atoms with Gasteiger partial charge in [0.05, 0.1) is 5.02 Å². The summed E-state index contributed by atoms with van der Waals surface area (Å²) >= 11 is 5.64. The molecule has 2 aromatic rings. The minimum Gasteiger partial charge on any atom is -0.435 e. The Morgan fingerprint density at radius 3 is 2.83 bits per heavy atom. The maximum Gasteiger partial charge on any atom is 0.237 e. The van der Waals surface area contributed by atoms with Crippen LogP contribution in [0.4, 0.5) is 4.39 Å². The molecule has 1 aromatic carbocycles. The third-order valence-corrected chi connectivity index (χ3v) is 2.53. The van der Waals surface area contributed by atoms with E-state index in [1.165, 1.54) is 12.1 Å². The molecule has 0 aliphatic heterocycles. The molecule has 3 nitrogen and oxygen atoms in total. The van der Waals surface area contributed by atoms with Crippen molar-refractivity contribution < 1.29 is 9.13 Å². The molecule has 0 aliphatic rings. The third-order valence-electron chi connectivity index (χ3n) is 2.24. The smallest absolute Gasteiger partial charge is 0.237 e. The summed E-state index contributed by atoms with van der Waals surface area (Å²) in [4.78, 5) is 4.06. The second-order valence-corrected chi connectivity index (χ2v) is 3.98. The summed E-state index contributed by atoms with van der Waals surface area (Å²) in [6.07, 6.45) is 0. The molecule has 0 unspecified atom stereocenters. The largest absolute Gasteiger partial charge is 0.435 e. The molecular weight excluding hydrogens is 255 g/mol. The Morgan fingerprint density at radius 2 is 2.11 bits per heavy atom. The average molecular weight is 263 g/mol. The molecule has 5 heteroatoms. The van der Waals surface area contributed by atoms with Crippen LogP contribution < -0.4 is 4.74 Å². The number of pyridine rings is 1. The minimum atomic E-state index is -0.675. The summed E-state index contributed by atoms with van der Waals surface area (Å²) in [7, 11) is 0. The number of nitrogens with zero attached hydrogens (tertiary/aromatic N) is 2. The van der Waals surface area contributed by atoms with E-state index < -0.39 is 5.82 Å². The van der Waals surface area contributed by atoms with Crippen LogP contribution in [0.3, 0.4) is 0 Å². The van der Waals surface area contributed by atoms with Crippen LogP contribution in [0, 0.1) is 24.1 Å². The number of aryl methyl sites for hydroxylation is 1. The SMILES string of the molecule is Cc1ccc(C#N)c(Oc2cccc(Cl)c2F)n1. The van der Waals surface area contributed by atoms with E-state index in [1.54, 1.807) is 25.1 Å². The molecule has 0 saturated carbocycles. The first-order valence-corrected chi connectivity index (χ1v) is 5.49. The van der Waals surface area contributed by atoms with Gasteiger partial charge in [-0.05, 0) is 31.2 Å². The summed E-state index contributed by atoms with van der Waals surface area (Å²) in [5, 5.41) is 8.88. The fourth-order valence-electron chi connectivity index (χ4n) is 1.36. The van der Waals surface area contributed by atoms with Gasteiger partial charge in [-0.3, -0.25) is 0 Å². The minimum absolute atomic E-state index is 0.0429. The maximum absolute atomic E-state index is 13.7. The monoisotopic (exact) mass is 262 g/mol. The van der Waals surface area contributed by atoms with Crippen LogP contribution in [0.5, 0.6) is 11.6 Å². The summed E-state index contributed by atoms with van der Waals surface area (Å²) < 4.78 is 19.0. The van der Waals surface area contributed by atoms with Crippen molar-refractivity contribution >= 4 is 11.6 Å². The topological polar surface area (TPSA) is 45.9 Å². The van der Waals surface area contributed by atoms with Gasteiger partial charge in [0.2, 0.25) is 5.88 Å². The predicted octanol–water partition coefficient (Wildman–Crippen LogP) is 3.85. The molecule has 0 N–H and O–H groups in total. The van der Waals surface area contributed by atoms with Crippen molar-refractivity contribution in [3.05, 3.63) is 52.4 Å². The molecule has 1 heterocycles. The van der Waals surface area contributed by atoms with Gasteiger partial charge in [-0.25, -0.2) is 9.37 Å². The average Bonchev–Trinajstić information content (AvgIpc) is 2.35. The number of aromatic nitrogens is 1. The van der Waals surface area contributed by atoms with Gasteiger partial charge < -0.3 is 4.74 Å². The van der Waals surface area contributed by atoms with E-state index >= 15 is 0 Å². The Bertz CT molecular complexity index is 637. The van der Waals surface area contributed by atoms with Crippen LogP contribution in [0.1, 0.15) is 11.3 Å². The van der Waals surface area contributed by atoms with E-state index in [-0.39, 0.29) is 22.2 Å². The number of halogens is 2. The highest BCUT2D eigenvalue weighted by molar-refractivity contribution is 6.30. The molecule has 0 radical (unpaired) electrons. The van der Waals surface area contributed by atoms with Crippen LogP contribution in [0.25, 0.3) is 0 Å². The molecule has 0 saturated heterocycles. The van der Waals surface area contributed by atoms with Gasteiger partial charge in [0.15, 0.2) is 11.6 Å². The Kier molecular flexibility index (Phi) is 3.45. The first kappa shape index (κ1) is 12.3. The second kappa shape index (κ2) is 5.03. The summed E-state index contributed by atoms with van der Waals surface area (Å²) in [5.41, 5.74) is 0.909. The zero-order valence-electron chi connectivity index (χ0n) is 9.45. The molecule has 2 rings (SSSR count). The lowest BCUT2D eigenvalue weighted by Gasteiger charge is -2.08. The predicted molar refractivity (Wildman–Crippen MR) is 65.2 cm³/mol. The van der Waals surface area contributed by atoms with E-state index in [0.717, 1.165) is 0 Å². The lowest BCUT2D eigenvalue weighted by molar-refractivity contribution is 0.425. The van der Waals surface area contributed by atoms with E-state index in [9.17, 15) is 4.39 Å². The molecule has 1 aromatic heterocycles. The zero-order valence-corrected chi connectivity index (χ0v) is 10.2. The molecule has 18 heavy (non-hydrogen) atoms. The van der Waals surface area contributed by atoms with Gasteiger partial charge in [0, 0.05) is 5.69 Å². The van der Waals surface area contributed by atoms with Crippen LogP contribution >= 0.6 is 11.6 Å². The molecule has 0 aliphatic carbocycles. The molecular formula is C13H8ClFN2O. The van der Waals surface area contributed by atoms with Crippen LogP contribution in [0.2, 0.25) is 5.02 Å². The number of nitriles is 1. The third kappa shape index (κ3) is 2.41. The Morgan fingerprint density at radius 1 is 1.33 bits per heavy atom. The first-order chi connectivity index (χ1) is 8.61. The Labute approximate surface area is 108 Å². The number of benzene rings is 1. The quantitative estimate of drug-likeness (QED) is 0.826. The number of hydrogen-bond acceptors (Lipinski definition) is 3. The Balaban J connectivity index is 2.43. The van der Waals surface area contributed by atoms with Gasteiger partial charge in [-0.2, -0.15) is 5.26 Å². The maximum atomic E-state index is 13.7. The van der Waals surface area contributed by atoms with Gasteiger partial charge in [0.1, 0.15) is 11.6 Å². The fraction of sp³-hybridized carbons (Fsp3) is 0.0769.